The highest BCUT2D eigenvalue weighted by Gasteiger charge is 2.23. The molecule has 0 spiro atoms. The van der Waals surface area contributed by atoms with Crippen molar-refractivity contribution in [3.05, 3.63) is 64.1 Å². The summed E-state index contributed by atoms with van der Waals surface area (Å²) in [4.78, 5) is 15.0. The van der Waals surface area contributed by atoms with Crippen molar-refractivity contribution in [2.75, 3.05) is 26.7 Å². The van der Waals surface area contributed by atoms with Crippen LogP contribution in [0.1, 0.15) is 41.2 Å². The number of carbonyl (C=O) groups excluding carboxylic acids is 1. The van der Waals surface area contributed by atoms with E-state index in [4.69, 9.17) is 4.74 Å². The van der Waals surface area contributed by atoms with Crippen LogP contribution in [0.3, 0.4) is 0 Å². The van der Waals surface area contributed by atoms with Crippen LogP contribution < -0.4 is 10.1 Å². The van der Waals surface area contributed by atoms with Gasteiger partial charge in [0.15, 0.2) is 0 Å². The van der Waals surface area contributed by atoms with Crippen molar-refractivity contribution in [1.29, 1.82) is 0 Å². The Morgan fingerprint density at radius 3 is 2.35 bits per heavy atom. The van der Waals surface area contributed by atoms with Gasteiger partial charge in [0, 0.05) is 16.6 Å². The number of hydrogen-bond acceptors (Lipinski definition) is 3. The molecule has 2 aromatic rings. The molecule has 0 bridgehead atoms. The Bertz CT molecular complexity index is 710. The predicted octanol–water partition coefficient (Wildman–Crippen LogP) is 4.41. The van der Waals surface area contributed by atoms with Gasteiger partial charge >= 0.3 is 0 Å². The second kappa shape index (κ2) is 9.19. The average Bonchev–Trinajstić information content (AvgIpc) is 2.70. The number of carbonyl (C=O) groups is 1. The third-order valence-electron chi connectivity index (χ3n) is 4.89. The van der Waals surface area contributed by atoms with E-state index >= 15 is 0 Å². The quantitative estimate of drug-likeness (QED) is 0.757. The van der Waals surface area contributed by atoms with Crippen molar-refractivity contribution in [2.24, 2.45) is 0 Å². The zero-order chi connectivity index (χ0) is 18.4. The summed E-state index contributed by atoms with van der Waals surface area (Å²) in [7, 11) is 1.68. The lowest BCUT2D eigenvalue weighted by Crippen LogP contribution is -2.40. The fourth-order valence-electron chi connectivity index (χ4n) is 3.41. The molecular formula is C21H25BrN2O2. The van der Waals surface area contributed by atoms with E-state index in [0.717, 1.165) is 23.3 Å². The second-order valence-corrected chi connectivity index (χ2v) is 7.52. The highest BCUT2D eigenvalue weighted by molar-refractivity contribution is 9.10. The van der Waals surface area contributed by atoms with E-state index in [1.165, 1.54) is 24.8 Å². The monoisotopic (exact) mass is 416 g/mol. The van der Waals surface area contributed by atoms with E-state index in [0.29, 0.717) is 12.1 Å². The fourth-order valence-corrected chi connectivity index (χ4v) is 3.67. The normalized spacial score (nSPS) is 16.1. The maximum absolute atomic E-state index is 12.5. The lowest BCUT2D eigenvalue weighted by molar-refractivity contribution is 0.0924. The predicted molar refractivity (Wildman–Crippen MR) is 108 cm³/mol. The molecule has 1 aliphatic heterocycles. The number of nitrogens with zero attached hydrogens (tertiary/aromatic N) is 1. The van der Waals surface area contributed by atoms with E-state index < -0.39 is 0 Å². The second-order valence-electron chi connectivity index (χ2n) is 6.60. The number of amides is 1. The summed E-state index contributed by atoms with van der Waals surface area (Å²) in [6, 6.07) is 15.8. The Morgan fingerprint density at radius 1 is 1.08 bits per heavy atom. The van der Waals surface area contributed by atoms with E-state index in [1.54, 1.807) is 7.11 Å². The number of methoxy groups -OCH3 is 1. The van der Waals surface area contributed by atoms with E-state index in [9.17, 15) is 4.79 Å². The van der Waals surface area contributed by atoms with Gasteiger partial charge in [0.05, 0.1) is 13.2 Å². The topological polar surface area (TPSA) is 41.6 Å². The van der Waals surface area contributed by atoms with E-state index in [2.05, 4.69) is 38.3 Å². The molecule has 3 rings (SSSR count). The van der Waals surface area contributed by atoms with Gasteiger partial charge in [-0.25, -0.2) is 0 Å². The zero-order valence-corrected chi connectivity index (χ0v) is 16.7. The molecule has 0 aliphatic carbocycles. The molecule has 138 valence electrons. The van der Waals surface area contributed by atoms with Gasteiger partial charge in [0.25, 0.3) is 5.91 Å². The van der Waals surface area contributed by atoms with Crippen molar-refractivity contribution in [1.82, 2.24) is 10.2 Å². The summed E-state index contributed by atoms with van der Waals surface area (Å²) in [5.74, 6) is 0.818. The first-order chi connectivity index (χ1) is 12.7. The zero-order valence-electron chi connectivity index (χ0n) is 15.1. The lowest BCUT2D eigenvalue weighted by atomic mass is 10.0. The van der Waals surface area contributed by atoms with Crippen LogP contribution in [0.2, 0.25) is 0 Å². The Labute approximate surface area is 163 Å². The van der Waals surface area contributed by atoms with Gasteiger partial charge in [-0.1, -0.05) is 34.5 Å². The first-order valence-corrected chi connectivity index (χ1v) is 9.88. The van der Waals surface area contributed by atoms with Crippen molar-refractivity contribution in [2.45, 2.75) is 25.3 Å². The van der Waals surface area contributed by atoms with Crippen LogP contribution in [-0.4, -0.2) is 37.6 Å². The van der Waals surface area contributed by atoms with Crippen LogP contribution >= 0.6 is 15.9 Å². The molecule has 1 aliphatic rings. The smallest absolute Gasteiger partial charge is 0.251 e. The molecule has 1 heterocycles. The van der Waals surface area contributed by atoms with Crippen molar-refractivity contribution in [3.8, 4) is 5.75 Å². The minimum Gasteiger partial charge on any atom is -0.497 e. The van der Waals surface area contributed by atoms with Crippen molar-refractivity contribution in [3.63, 3.8) is 0 Å². The Morgan fingerprint density at radius 2 is 1.73 bits per heavy atom. The van der Waals surface area contributed by atoms with Crippen LogP contribution in [0.5, 0.6) is 5.75 Å². The molecule has 5 heteroatoms. The first kappa shape index (κ1) is 18.9. The Kier molecular flexibility index (Phi) is 6.69. The minimum atomic E-state index is -0.0342. The third kappa shape index (κ3) is 4.86. The van der Waals surface area contributed by atoms with Gasteiger partial charge < -0.3 is 10.1 Å². The van der Waals surface area contributed by atoms with Crippen LogP contribution in [0.15, 0.2) is 53.0 Å². The number of rotatable bonds is 6. The first-order valence-electron chi connectivity index (χ1n) is 9.09. The van der Waals surface area contributed by atoms with Gasteiger partial charge in [-0.2, -0.15) is 0 Å². The summed E-state index contributed by atoms with van der Waals surface area (Å²) < 4.78 is 6.24. The van der Waals surface area contributed by atoms with Crippen LogP contribution in [0.4, 0.5) is 0 Å². The molecule has 1 atom stereocenters. The van der Waals surface area contributed by atoms with Crippen LogP contribution in [0.25, 0.3) is 0 Å². The number of hydrogen-bond donors (Lipinski definition) is 1. The molecule has 0 saturated carbocycles. The number of likely N-dealkylation sites (tertiary alicyclic amines) is 1. The maximum Gasteiger partial charge on any atom is 0.251 e. The highest BCUT2D eigenvalue weighted by atomic mass is 79.9. The van der Waals surface area contributed by atoms with Gasteiger partial charge in [-0.05, 0) is 67.9 Å². The summed E-state index contributed by atoms with van der Waals surface area (Å²) >= 11 is 3.40. The van der Waals surface area contributed by atoms with E-state index in [-0.39, 0.29) is 11.9 Å². The molecule has 1 amide bonds. The number of piperidine rings is 1. The summed E-state index contributed by atoms with van der Waals surface area (Å²) in [5, 5.41) is 3.12. The number of benzene rings is 2. The number of ether oxygens (including phenoxy) is 1. The molecule has 0 aromatic heterocycles. The standard InChI is InChI=1S/C21H25BrN2O2/c1-26-19-11-7-16(8-12-19)20(24-13-3-2-4-14-24)15-23-21(25)17-5-9-18(22)10-6-17/h5-12,20H,2-4,13-15H2,1H3,(H,23,25)/t20-/m1/s1. The maximum atomic E-state index is 12.5. The van der Waals surface area contributed by atoms with Crippen molar-refractivity contribution >= 4 is 21.8 Å². The highest BCUT2D eigenvalue weighted by Crippen LogP contribution is 2.26. The van der Waals surface area contributed by atoms with Crippen molar-refractivity contribution < 1.29 is 9.53 Å². The fraction of sp³-hybridized carbons (Fsp3) is 0.381. The third-order valence-corrected chi connectivity index (χ3v) is 5.42. The largest absolute Gasteiger partial charge is 0.497 e. The molecule has 2 aromatic carbocycles. The van der Waals surface area contributed by atoms with Crippen LogP contribution in [0, 0.1) is 0 Å². The summed E-state index contributed by atoms with van der Waals surface area (Å²) in [6.45, 7) is 2.75. The summed E-state index contributed by atoms with van der Waals surface area (Å²) in [5.41, 5.74) is 1.89. The Balaban J connectivity index is 1.72. The number of nitrogens with one attached hydrogen (secondary N) is 1. The molecule has 0 radical (unpaired) electrons. The van der Waals surface area contributed by atoms with Gasteiger partial charge in [-0.3, -0.25) is 9.69 Å². The summed E-state index contributed by atoms with van der Waals surface area (Å²) in [6.07, 6.45) is 3.72. The molecule has 1 fully saturated rings. The van der Waals surface area contributed by atoms with Gasteiger partial charge in [-0.15, -0.1) is 0 Å². The Hall–Kier alpha value is -1.85. The lowest BCUT2D eigenvalue weighted by Gasteiger charge is -2.35. The molecule has 1 saturated heterocycles. The molecule has 1 N–H and O–H groups in total. The molecule has 26 heavy (non-hydrogen) atoms. The van der Waals surface area contributed by atoms with E-state index in [1.807, 2.05) is 36.4 Å². The average molecular weight is 417 g/mol. The molecular weight excluding hydrogens is 392 g/mol. The molecule has 4 nitrogen and oxygen atoms in total. The molecule has 0 unspecified atom stereocenters. The van der Waals surface area contributed by atoms with Crippen LogP contribution in [-0.2, 0) is 0 Å². The van der Waals surface area contributed by atoms with Gasteiger partial charge in [0.2, 0.25) is 0 Å². The minimum absolute atomic E-state index is 0.0342. The SMILES string of the molecule is COc1ccc([C@@H](CNC(=O)c2ccc(Br)cc2)N2CCCCC2)cc1. The van der Waals surface area contributed by atoms with Gasteiger partial charge in [0.1, 0.15) is 5.75 Å². The number of halogens is 1.